The molecule has 166 valence electrons. The normalized spacial score (nSPS) is 18.3. The quantitative estimate of drug-likeness (QED) is 0.507. The van der Waals surface area contributed by atoms with Crippen LogP contribution in [0.15, 0.2) is 35.9 Å². The van der Waals surface area contributed by atoms with E-state index in [1.165, 1.54) is 0 Å². The van der Waals surface area contributed by atoms with Crippen molar-refractivity contribution in [2.24, 2.45) is 5.92 Å². The van der Waals surface area contributed by atoms with E-state index in [0.717, 1.165) is 55.8 Å². The van der Waals surface area contributed by atoms with Crippen LogP contribution in [0.3, 0.4) is 0 Å². The highest BCUT2D eigenvalue weighted by atomic mass is 16.5. The van der Waals surface area contributed by atoms with Crippen LogP contribution in [-0.4, -0.2) is 29.1 Å². The molecule has 1 atom stereocenters. The molecule has 7 heteroatoms. The minimum absolute atomic E-state index is 0.0356. The number of nitrogens with one attached hydrogen (secondary N) is 2. The lowest BCUT2D eigenvalue weighted by atomic mass is 10.1. The maximum absolute atomic E-state index is 12.7. The molecule has 7 nitrogen and oxygen atoms in total. The van der Waals surface area contributed by atoms with Crippen molar-refractivity contribution in [3.63, 3.8) is 0 Å². The summed E-state index contributed by atoms with van der Waals surface area (Å²) in [5.41, 5.74) is 4.22. The van der Waals surface area contributed by atoms with Gasteiger partial charge in [0.2, 0.25) is 5.91 Å². The van der Waals surface area contributed by atoms with Gasteiger partial charge in [-0.05, 0) is 81.5 Å². The van der Waals surface area contributed by atoms with Crippen molar-refractivity contribution in [1.29, 1.82) is 5.26 Å². The highest BCUT2D eigenvalue weighted by molar-refractivity contribution is 6.09. The molecule has 0 radical (unpaired) electrons. The van der Waals surface area contributed by atoms with Gasteiger partial charge in [0.25, 0.3) is 5.91 Å². The van der Waals surface area contributed by atoms with Crippen LogP contribution >= 0.6 is 0 Å². The fourth-order valence-electron chi connectivity index (χ4n) is 3.98. The van der Waals surface area contributed by atoms with Gasteiger partial charge in [0.05, 0.1) is 6.10 Å². The van der Waals surface area contributed by atoms with E-state index in [4.69, 9.17) is 4.74 Å². The fraction of sp³-hybridized carbons (Fsp3) is 0.400. The number of carbonyl (C=O) groups is 2. The van der Waals surface area contributed by atoms with E-state index >= 15 is 0 Å². The number of nitrogens with zero attached hydrogens (tertiary/aromatic N) is 2. The van der Waals surface area contributed by atoms with Crippen molar-refractivity contribution < 1.29 is 14.3 Å². The second-order valence-corrected chi connectivity index (χ2v) is 8.54. The van der Waals surface area contributed by atoms with Crippen molar-refractivity contribution in [2.75, 3.05) is 17.2 Å². The molecule has 2 aromatic rings. The Balaban J connectivity index is 1.43. The first-order chi connectivity index (χ1) is 15.4. The van der Waals surface area contributed by atoms with Crippen LogP contribution in [0.2, 0.25) is 0 Å². The predicted octanol–water partition coefficient (Wildman–Crippen LogP) is 4.18. The zero-order valence-electron chi connectivity index (χ0n) is 18.5. The van der Waals surface area contributed by atoms with Gasteiger partial charge in [-0.1, -0.05) is 0 Å². The van der Waals surface area contributed by atoms with Gasteiger partial charge in [0.15, 0.2) is 0 Å². The van der Waals surface area contributed by atoms with Gasteiger partial charge in [0.1, 0.15) is 11.6 Å². The Bertz CT molecular complexity index is 1080. The third-order valence-electron chi connectivity index (χ3n) is 6.05. The van der Waals surface area contributed by atoms with Gasteiger partial charge in [0, 0.05) is 41.8 Å². The van der Waals surface area contributed by atoms with Crippen LogP contribution in [0.1, 0.15) is 42.6 Å². The van der Waals surface area contributed by atoms with Crippen molar-refractivity contribution in [2.45, 2.75) is 52.2 Å². The molecule has 0 spiro atoms. The van der Waals surface area contributed by atoms with E-state index in [2.05, 4.69) is 15.2 Å². The minimum atomic E-state index is -0.466. The zero-order chi connectivity index (χ0) is 22.7. The Hall–Kier alpha value is -3.37. The monoisotopic (exact) mass is 432 g/mol. The number of hydrogen-bond donors (Lipinski definition) is 2. The number of aromatic nitrogens is 1. The van der Waals surface area contributed by atoms with Crippen molar-refractivity contribution in [3.05, 3.63) is 52.9 Å². The van der Waals surface area contributed by atoms with E-state index < -0.39 is 5.91 Å². The second-order valence-electron chi connectivity index (χ2n) is 8.54. The summed E-state index contributed by atoms with van der Waals surface area (Å²) in [7, 11) is 0. The molecule has 2 amide bonds. The summed E-state index contributed by atoms with van der Waals surface area (Å²) in [5, 5.41) is 15.2. The van der Waals surface area contributed by atoms with Gasteiger partial charge in [-0.2, -0.15) is 5.26 Å². The summed E-state index contributed by atoms with van der Waals surface area (Å²) in [4.78, 5) is 24.5. The molecule has 1 aliphatic carbocycles. The van der Waals surface area contributed by atoms with Crippen LogP contribution in [-0.2, 0) is 20.9 Å². The number of rotatable bonds is 7. The maximum atomic E-state index is 12.7. The number of anilines is 2. The molecule has 2 N–H and O–H groups in total. The third-order valence-corrected chi connectivity index (χ3v) is 6.05. The molecule has 1 aromatic heterocycles. The number of carbonyl (C=O) groups excluding carboxylic acids is 2. The van der Waals surface area contributed by atoms with Crippen LogP contribution in [0.5, 0.6) is 0 Å². The molecular formula is C25H28N4O3. The fourth-order valence-corrected chi connectivity index (χ4v) is 3.98. The number of aryl methyl sites for hydroxylation is 1. The van der Waals surface area contributed by atoms with Crippen molar-refractivity contribution >= 4 is 29.3 Å². The zero-order valence-corrected chi connectivity index (χ0v) is 18.5. The Morgan fingerprint density at radius 3 is 2.44 bits per heavy atom. The maximum Gasteiger partial charge on any atom is 0.266 e. The first-order valence-electron chi connectivity index (χ1n) is 11.1. The van der Waals surface area contributed by atoms with Crippen molar-refractivity contribution in [3.8, 4) is 6.07 Å². The number of nitriles is 1. The molecule has 2 fully saturated rings. The van der Waals surface area contributed by atoms with Gasteiger partial charge in [-0.15, -0.1) is 0 Å². The lowest BCUT2D eigenvalue weighted by Crippen LogP contribution is -2.17. The number of benzene rings is 1. The number of amides is 2. The molecule has 1 aromatic carbocycles. The Morgan fingerprint density at radius 1 is 1.16 bits per heavy atom. The highest BCUT2D eigenvalue weighted by Crippen LogP contribution is 2.30. The van der Waals surface area contributed by atoms with Crippen LogP contribution in [0.4, 0.5) is 11.4 Å². The van der Waals surface area contributed by atoms with Crippen LogP contribution < -0.4 is 10.6 Å². The molecule has 1 unspecified atom stereocenters. The molecule has 1 aliphatic heterocycles. The summed E-state index contributed by atoms with van der Waals surface area (Å²) >= 11 is 0. The minimum Gasteiger partial charge on any atom is -0.376 e. The average Bonchev–Trinajstić information content (AvgIpc) is 3.45. The van der Waals surface area contributed by atoms with Crippen molar-refractivity contribution in [1.82, 2.24) is 4.57 Å². The lowest BCUT2D eigenvalue weighted by molar-refractivity contribution is -0.117. The average molecular weight is 433 g/mol. The molecular weight excluding hydrogens is 404 g/mol. The number of ether oxygens (including phenoxy) is 1. The summed E-state index contributed by atoms with van der Waals surface area (Å²) < 4.78 is 7.94. The predicted molar refractivity (Wildman–Crippen MR) is 123 cm³/mol. The summed E-state index contributed by atoms with van der Waals surface area (Å²) in [5.74, 6) is -0.301. The van der Waals surface area contributed by atoms with E-state index in [1.807, 2.05) is 26.0 Å². The SMILES string of the molecule is Cc1cc(/C=C(\C#N)C(=O)Nc2ccc(NC(=O)C3CC3)cc2)c(C)n1CC1CCCO1. The molecule has 2 heterocycles. The molecule has 1 saturated carbocycles. The standard InChI is InChI=1S/C25H28N4O3/c1-16-12-19(17(2)29(16)15-23-4-3-11-32-23)13-20(14-26)25(31)28-22-9-7-21(8-10-22)27-24(30)18-5-6-18/h7-10,12-13,18,23H,3-6,11,15H2,1-2H3,(H,27,30)(H,28,31)/b20-13+. The Labute approximate surface area is 188 Å². The molecule has 2 aliphatic rings. The van der Waals surface area contributed by atoms with Gasteiger partial charge in [-0.3, -0.25) is 9.59 Å². The highest BCUT2D eigenvalue weighted by Gasteiger charge is 2.29. The third kappa shape index (κ3) is 5.09. The first kappa shape index (κ1) is 21.8. The van der Waals surface area contributed by atoms with E-state index in [0.29, 0.717) is 11.4 Å². The van der Waals surface area contributed by atoms with Crippen LogP contribution in [0.25, 0.3) is 6.08 Å². The summed E-state index contributed by atoms with van der Waals surface area (Å²) in [6.45, 7) is 5.61. The second kappa shape index (κ2) is 9.41. The Morgan fingerprint density at radius 2 is 1.84 bits per heavy atom. The topological polar surface area (TPSA) is 96.2 Å². The van der Waals surface area contributed by atoms with E-state index in [1.54, 1.807) is 30.3 Å². The van der Waals surface area contributed by atoms with E-state index in [9.17, 15) is 14.9 Å². The Kier molecular flexibility index (Phi) is 6.42. The van der Waals surface area contributed by atoms with Gasteiger partial charge < -0.3 is 19.9 Å². The summed E-state index contributed by atoms with van der Waals surface area (Å²) in [6, 6.07) is 10.9. The summed E-state index contributed by atoms with van der Waals surface area (Å²) in [6.07, 6.45) is 5.88. The van der Waals surface area contributed by atoms with Gasteiger partial charge >= 0.3 is 0 Å². The van der Waals surface area contributed by atoms with E-state index in [-0.39, 0.29) is 23.5 Å². The van der Waals surface area contributed by atoms with Crippen LogP contribution in [0, 0.1) is 31.1 Å². The molecule has 32 heavy (non-hydrogen) atoms. The van der Waals surface area contributed by atoms with Gasteiger partial charge in [-0.25, -0.2) is 0 Å². The smallest absolute Gasteiger partial charge is 0.266 e. The lowest BCUT2D eigenvalue weighted by Gasteiger charge is -2.14. The largest absolute Gasteiger partial charge is 0.376 e. The first-order valence-corrected chi connectivity index (χ1v) is 11.1. The number of hydrogen-bond acceptors (Lipinski definition) is 4. The molecule has 0 bridgehead atoms. The molecule has 4 rings (SSSR count). The molecule has 1 saturated heterocycles.